The lowest BCUT2D eigenvalue weighted by atomic mass is 10.0. The van der Waals surface area contributed by atoms with Crippen molar-refractivity contribution >= 4 is 5.97 Å². The van der Waals surface area contributed by atoms with Crippen LogP contribution in [0.2, 0.25) is 0 Å². The lowest BCUT2D eigenvalue weighted by Gasteiger charge is -2.11. The number of esters is 1. The summed E-state index contributed by atoms with van der Waals surface area (Å²) in [7, 11) is 1.23. The molecule has 6 heteroatoms. The average Bonchev–Trinajstić information content (AvgIpc) is 2.54. The first-order chi connectivity index (χ1) is 10.5. The highest BCUT2D eigenvalue weighted by Gasteiger charge is 2.14. The second-order valence-corrected chi connectivity index (χ2v) is 4.50. The molecule has 0 fully saturated rings. The highest BCUT2D eigenvalue weighted by molar-refractivity contribution is 5.91. The molecule has 2 rings (SSSR count). The van der Waals surface area contributed by atoms with Gasteiger partial charge >= 0.3 is 5.97 Å². The Balaban J connectivity index is 2.53. The number of methoxy groups -OCH3 is 1. The van der Waals surface area contributed by atoms with Crippen molar-refractivity contribution in [3.05, 3.63) is 53.6 Å². The van der Waals surface area contributed by atoms with E-state index in [0.29, 0.717) is 11.3 Å². The quantitative estimate of drug-likeness (QED) is 0.863. The summed E-state index contributed by atoms with van der Waals surface area (Å²) in [5, 5.41) is 0. The van der Waals surface area contributed by atoms with Crippen LogP contribution in [0.15, 0.2) is 36.4 Å². The molecule has 2 N–H and O–H groups in total. The fourth-order valence-electron chi connectivity index (χ4n) is 1.97. The predicted octanol–water partition coefficient (Wildman–Crippen LogP) is 2.76. The summed E-state index contributed by atoms with van der Waals surface area (Å²) in [4.78, 5) is 11.7. The van der Waals surface area contributed by atoms with Crippen LogP contribution in [0.3, 0.4) is 0 Å². The Kier molecular flexibility index (Phi) is 5.06. The first-order valence-corrected chi connectivity index (χ1v) is 6.57. The summed E-state index contributed by atoms with van der Waals surface area (Å²) in [6.07, 6.45) is 0. The highest BCUT2D eigenvalue weighted by atomic mass is 19.1. The summed E-state index contributed by atoms with van der Waals surface area (Å²) < 4.78 is 37.3. The number of ether oxygens (including phenoxy) is 2. The van der Waals surface area contributed by atoms with Crippen molar-refractivity contribution < 1.29 is 23.0 Å². The summed E-state index contributed by atoms with van der Waals surface area (Å²) in [6, 6.07) is 7.49. The number of benzene rings is 2. The summed E-state index contributed by atoms with van der Waals surface area (Å²) >= 11 is 0. The van der Waals surface area contributed by atoms with Crippen LogP contribution in [0.5, 0.6) is 5.75 Å². The minimum atomic E-state index is -0.604. The van der Waals surface area contributed by atoms with Crippen molar-refractivity contribution in [2.45, 2.75) is 0 Å². The maximum absolute atomic E-state index is 13.9. The van der Waals surface area contributed by atoms with E-state index in [1.54, 1.807) is 0 Å². The fourth-order valence-corrected chi connectivity index (χ4v) is 1.97. The summed E-state index contributed by atoms with van der Waals surface area (Å²) in [5.41, 5.74) is 5.89. The Hall–Kier alpha value is -2.47. The van der Waals surface area contributed by atoms with Gasteiger partial charge in [0.05, 0.1) is 12.7 Å². The molecule has 0 atom stereocenters. The molecule has 0 heterocycles. The van der Waals surface area contributed by atoms with Crippen LogP contribution < -0.4 is 10.5 Å². The van der Waals surface area contributed by atoms with Crippen LogP contribution in [-0.2, 0) is 4.74 Å². The van der Waals surface area contributed by atoms with Crippen molar-refractivity contribution in [2.75, 3.05) is 20.3 Å². The minimum absolute atomic E-state index is 0.0309. The molecule has 4 nitrogen and oxygen atoms in total. The van der Waals surface area contributed by atoms with Gasteiger partial charge in [-0.25, -0.2) is 13.6 Å². The zero-order valence-corrected chi connectivity index (χ0v) is 11.9. The number of hydrogen-bond donors (Lipinski definition) is 1. The Morgan fingerprint density at radius 1 is 1.18 bits per heavy atom. The summed E-state index contributed by atoms with van der Waals surface area (Å²) in [6.45, 7) is 0.516. The van der Waals surface area contributed by atoms with Gasteiger partial charge in [-0.15, -0.1) is 0 Å². The molecule has 0 saturated carbocycles. The maximum Gasteiger partial charge on any atom is 0.338 e. The van der Waals surface area contributed by atoms with Gasteiger partial charge in [-0.05, 0) is 42.0 Å². The third-order valence-corrected chi connectivity index (χ3v) is 2.95. The summed E-state index contributed by atoms with van der Waals surface area (Å²) in [5.74, 6) is -1.46. The topological polar surface area (TPSA) is 61.5 Å². The molecular weight excluding hydrogens is 292 g/mol. The van der Waals surface area contributed by atoms with Crippen molar-refractivity contribution in [1.29, 1.82) is 0 Å². The van der Waals surface area contributed by atoms with Crippen LogP contribution >= 0.6 is 0 Å². The van der Waals surface area contributed by atoms with E-state index in [2.05, 4.69) is 4.74 Å². The minimum Gasteiger partial charge on any atom is -0.492 e. The number of nitrogens with two attached hydrogens (primary N) is 1. The number of carbonyl (C=O) groups excluding carboxylic acids is 1. The number of carbonyl (C=O) groups is 1. The molecule has 2 aromatic rings. The van der Waals surface area contributed by atoms with E-state index in [1.807, 2.05) is 0 Å². The Labute approximate surface area is 126 Å². The molecule has 2 aromatic carbocycles. The molecule has 0 aliphatic rings. The molecule has 0 amide bonds. The van der Waals surface area contributed by atoms with Gasteiger partial charge in [0.25, 0.3) is 0 Å². The van der Waals surface area contributed by atoms with Gasteiger partial charge in [-0.1, -0.05) is 0 Å². The molecule has 22 heavy (non-hydrogen) atoms. The smallest absolute Gasteiger partial charge is 0.338 e. The van der Waals surface area contributed by atoms with E-state index in [0.717, 1.165) is 18.2 Å². The van der Waals surface area contributed by atoms with Crippen molar-refractivity contribution in [2.24, 2.45) is 5.73 Å². The molecule has 0 aliphatic carbocycles. The third kappa shape index (κ3) is 3.59. The van der Waals surface area contributed by atoms with Gasteiger partial charge in [0.1, 0.15) is 24.0 Å². The fraction of sp³-hybridized carbons (Fsp3) is 0.188. The van der Waals surface area contributed by atoms with Gasteiger partial charge in [0, 0.05) is 12.1 Å². The van der Waals surface area contributed by atoms with Crippen molar-refractivity contribution in [3.8, 4) is 16.9 Å². The largest absolute Gasteiger partial charge is 0.492 e. The zero-order valence-electron chi connectivity index (χ0n) is 11.9. The van der Waals surface area contributed by atoms with Crippen molar-refractivity contribution in [1.82, 2.24) is 0 Å². The second-order valence-electron chi connectivity index (χ2n) is 4.50. The first kappa shape index (κ1) is 15.9. The van der Waals surface area contributed by atoms with E-state index in [4.69, 9.17) is 10.5 Å². The van der Waals surface area contributed by atoms with E-state index >= 15 is 0 Å². The number of halogens is 2. The Morgan fingerprint density at radius 3 is 2.64 bits per heavy atom. The van der Waals surface area contributed by atoms with Crippen LogP contribution in [0.25, 0.3) is 11.1 Å². The number of hydrogen-bond acceptors (Lipinski definition) is 4. The van der Waals surface area contributed by atoms with E-state index in [-0.39, 0.29) is 24.3 Å². The molecule has 0 saturated heterocycles. The van der Waals surface area contributed by atoms with Gasteiger partial charge < -0.3 is 15.2 Å². The molecular formula is C16H15F2NO3. The van der Waals surface area contributed by atoms with E-state index in [1.165, 1.54) is 25.3 Å². The van der Waals surface area contributed by atoms with Crippen LogP contribution in [0.4, 0.5) is 8.78 Å². The van der Waals surface area contributed by atoms with Crippen molar-refractivity contribution in [3.63, 3.8) is 0 Å². The normalized spacial score (nSPS) is 10.4. The maximum atomic E-state index is 13.9. The van der Waals surface area contributed by atoms with Gasteiger partial charge in [-0.2, -0.15) is 0 Å². The average molecular weight is 307 g/mol. The zero-order chi connectivity index (χ0) is 16.1. The Morgan fingerprint density at radius 2 is 1.95 bits per heavy atom. The van der Waals surface area contributed by atoms with Crippen LogP contribution in [0.1, 0.15) is 10.4 Å². The van der Waals surface area contributed by atoms with Crippen LogP contribution in [0, 0.1) is 11.6 Å². The number of rotatable bonds is 5. The van der Waals surface area contributed by atoms with Crippen LogP contribution in [-0.4, -0.2) is 26.2 Å². The van der Waals surface area contributed by atoms with Gasteiger partial charge in [0.2, 0.25) is 0 Å². The van der Waals surface area contributed by atoms with E-state index < -0.39 is 17.6 Å². The van der Waals surface area contributed by atoms with Gasteiger partial charge in [-0.3, -0.25) is 0 Å². The Bertz CT molecular complexity index is 689. The molecule has 0 bridgehead atoms. The van der Waals surface area contributed by atoms with E-state index in [9.17, 15) is 13.6 Å². The lowest BCUT2D eigenvalue weighted by Crippen LogP contribution is -2.11. The third-order valence-electron chi connectivity index (χ3n) is 2.95. The standard InChI is InChI=1S/C16H15F2NO3/c1-21-16(20)11-6-10(7-13(8-11)22-5-4-19)14-9-12(17)2-3-15(14)18/h2-3,6-9H,4-5,19H2,1H3. The van der Waals surface area contributed by atoms with Gasteiger partial charge in [0.15, 0.2) is 0 Å². The first-order valence-electron chi connectivity index (χ1n) is 6.57. The monoisotopic (exact) mass is 307 g/mol. The predicted molar refractivity (Wildman–Crippen MR) is 77.7 cm³/mol. The second kappa shape index (κ2) is 7.00. The molecule has 0 aliphatic heterocycles. The lowest BCUT2D eigenvalue weighted by molar-refractivity contribution is 0.0600. The molecule has 0 radical (unpaired) electrons. The highest BCUT2D eigenvalue weighted by Crippen LogP contribution is 2.29. The molecule has 116 valence electrons. The molecule has 0 aromatic heterocycles. The molecule has 0 unspecified atom stereocenters. The SMILES string of the molecule is COC(=O)c1cc(OCCN)cc(-c2cc(F)ccc2F)c1. The molecule has 0 spiro atoms.